The van der Waals surface area contributed by atoms with E-state index in [1.165, 1.54) is 24.3 Å². The first-order chi connectivity index (χ1) is 12.4. The molecule has 0 aromatic heterocycles. The van der Waals surface area contributed by atoms with Crippen LogP contribution in [-0.2, 0) is 16.0 Å². The molecule has 2 rings (SSSR count). The molecular formula is C19H20N2O5. The van der Waals surface area contributed by atoms with Gasteiger partial charge in [0.2, 0.25) is 5.91 Å². The Morgan fingerprint density at radius 1 is 1.15 bits per heavy atom. The van der Waals surface area contributed by atoms with E-state index in [1.807, 2.05) is 0 Å². The lowest BCUT2D eigenvalue weighted by Gasteiger charge is -2.11. The first-order valence-corrected chi connectivity index (χ1v) is 7.82. The SMILES string of the molecule is COc1ccc(C[C@H](N)C(=O)NC(=O)/C=C/c2ccc(O)c(O)c2)cc1. The Hall–Kier alpha value is -3.32. The summed E-state index contributed by atoms with van der Waals surface area (Å²) >= 11 is 0. The summed E-state index contributed by atoms with van der Waals surface area (Å²) < 4.78 is 5.06. The maximum absolute atomic E-state index is 12.0. The number of imide groups is 1. The maximum Gasteiger partial charge on any atom is 0.250 e. The first-order valence-electron chi connectivity index (χ1n) is 7.82. The molecule has 0 bridgehead atoms. The summed E-state index contributed by atoms with van der Waals surface area (Å²) in [5, 5.41) is 20.8. The Balaban J connectivity index is 1.89. The van der Waals surface area contributed by atoms with Crippen LogP contribution in [0.25, 0.3) is 6.08 Å². The number of hydrogen-bond donors (Lipinski definition) is 4. The van der Waals surface area contributed by atoms with Gasteiger partial charge in [0.25, 0.3) is 5.91 Å². The van der Waals surface area contributed by atoms with Gasteiger partial charge in [-0.3, -0.25) is 14.9 Å². The molecule has 5 N–H and O–H groups in total. The number of benzene rings is 2. The normalized spacial score (nSPS) is 11.9. The van der Waals surface area contributed by atoms with Crippen molar-refractivity contribution in [1.82, 2.24) is 5.32 Å². The zero-order valence-corrected chi connectivity index (χ0v) is 14.2. The largest absolute Gasteiger partial charge is 0.504 e. The fraction of sp³-hybridized carbons (Fsp3) is 0.158. The van der Waals surface area contributed by atoms with E-state index in [1.54, 1.807) is 31.4 Å². The molecule has 0 aliphatic rings. The van der Waals surface area contributed by atoms with Crippen molar-refractivity contribution in [2.75, 3.05) is 7.11 Å². The lowest BCUT2D eigenvalue weighted by Crippen LogP contribution is -2.44. The minimum Gasteiger partial charge on any atom is -0.504 e. The minimum absolute atomic E-state index is 0.258. The number of nitrogens with two attached hydrogens (primary N) is 1. The van der Waals surface area contributed by atoms with Crippen molar-refractivity contribution in [2.45, 2.75) is 12.5 Å². The summed E-state index contributed by atoms with van der Waals surface area (Å²) in [5.74, 6) is -1.08. The Bertz CT molecular complexity index is 815. The molecule has 0 radical (unpaired) electrons. The molecule has 2 amide bonds. The highest BCUT2D eigenvalue weighted by atomic mass is 16.5. The number of phenols is 2. The van der Waals surface area contributed by atoms with Crippen LogP contribution in [0.15, 0.2) is 48.5 Å². The van der Waals surface area contributed by atoms with Crippen LogP contribution < -0.4 is 15.8 Å². The van der Waals surface area contributed by atoms with E-state index >= 15 is 0 Å². The third kappa shape index (κ3) is 5.35. The maximum atomic E-state index is 12.0. The van der Waals surface area contributed by atoms with Gasteiger partial charge >= 0.3 is 0 Å². The van der Waals surface area contributed by atoms with Gasteiger partial charge in [-0.05, 0) is 47.9 Å². The monoisotopic (exact) mass is 356 g/mol. The quantitative estimate of drug-likeness (QED) is 0.458. The van der Waals surface area contributed by atoms with Crippen LogP contribution in [-0.4, -0.2) is 35.2 Å². The molecule has 0 heterocycles. The Kier molecular flexibility index (Phi) is 6.35. The van der Waals surface area contributed by atoms with E-state index < -0.39 is 17.9 Å². The Labute approximate surface area is 150 Å². The third-order valence-corrected chi connectivity index (χ3v) is 3.62. The minimum atomic E-state index is -0.876. The highest BCUT2D eigenvalue weighted by molar-refractivity contribution is 6.04. The summed E-state index contributed by atoms with van der Waals surface area (Å²) in [6.45, 7) is 0. The van der Waals surface area contributed by atoms with Crippen LogP contribution in [0.4, 0.5) is 0 Å². The number of rotatable bonds is 6. The van der Waals surface area contributed by atoms with E-state index in [4.69, 9.17) is 10.5 Å². The summed E-state index contributed by atoms with van der Waals surface area (Å²) in [6.07, 6.45) is 2.82. The molecule has 2 aromatic carbocycles. The van der Waals surface area contributed by atoms with Gasteiger partial charge in [-0.25, -0.2) is 0 Å². The van der Waals surface area contributed by atoms with E-state index in [0.29, 0.717) is 11.3 Å². The fourth-order valence-electron chi connectivity index (χ4n) is 2.18. The van der Waals surface area contributed by atoms with Crippen molar-refractivity contribution >= 4 is 17.9 Å². The van der Waals surface area contributed by atoms with Crippen molar-refractivity contribution in [3.8, 4) is 17.2 Å². The standard InChI is InChI=1S/C19H20N2O5/c1-26-14-6-2-12(3-7-14)10-15(20)19(25)21-18(24)9-5-13-4-8-16(22)17(23)11-13/h2-9,11,15,22-23H,10,20H2,1H3,(H,21,24,25)/b9-5+/t15-/m0/s1. The lowest BCUT2D eigenvalue weighted by molar-refractivity contribution is -0.128. The molecule has 7 nitrogen and oxygen atoms in total. The molecule has 0 saturated heterocycles. The summed E-state index contributed by atoms with van der Waals surface area (Å²) in [7, 11) is 1.56. The van der Waals surface area contributed by atoms with Crippen LogP contribution in [0, 0.1) is 0 Å². The average molecular weight is 356 g/mol. The highest BCUT2D eigenvalue weighted by Crippen LogP contribution is 2.25. The molecule has 0 aliphatic carbocycles. The summed E-state index contributed by atoms with van der Waals surface area (Å²) in [5.41, 5.74) is 7.17. The molecule has 136 valence electrons. The molecule has 1 atom stereocenters. The van der Waals surface area contributed by atoms with E-state index in [-0.39, 0.29) is 17.9 Å². The van der Waals surface area contributed by atoms with Gasteiger partial charge in [-0.2, -0.15) is 0 Å². The average Bonchev–Trinajstić information content (AvgIpc) is 2.63. The van der Waals surface area contributed by atoms with Gasteiger partial charge in [-0.1, -0.05) is 18.2 Å². The van der Waals surface area contributed by atoms with Crippen LogP contribution in [0.1, 0.15) is 11.1 Å². The first kappa shape index (κ1) is 19.0. The number of nitrogens with one attached hydrogen (secondary N) is 1. The molecule has 0 unspecified atom stereocenters. The number of carbonyl (C=O) groups is 2. The molecule has 0 spiro atoms. The number of carbonyl (C=O) groups excluding carboxylic acids is 2. The van der Waals surface area contributed by atoms with Crippen LogP contribution in [0.5, 0.6) is 17.2 Å². The lowest BCUT2D eigenvalue weighted by atomic mass is 10.1. The number of phenolic OH excluding ortho intramolecular Hbond substituents is 2. The highest BCUT2D eigenvalue weighted by Gasteiger charge is 2.15. The van der Waals surface area contributed by atoms with Crippen LogP contribution >= 0.6 is 0 Å². The molecular weight excluding hydrogens is 336 g/mol. The van der Waals surface area contributed by atoms with Crippen molar-refractivity contribution in [3.05, 3.63) is 59.7 Å². The van der Waals surface area contributed by atoms with Gasteiger partial charge in [0.15, 0.2) is 11.5 Å². The molecule has 26 heavy (non-hydrogen) atoms. The number of amides is 2. The van der Waals surface area contributed by atoms with E-state index in [9.17, 15) is 19.8 Å². The smallest absolute Gasteiger partial charge is 0.250 e. The van der Waals surface area contributed by atoms with Crippen LogP contribution in [0.2, 0.25) is 0 Å². The summed E-state index contributed by atoms with van der Waals surface area (Å²) in [6, 6.07) is 10.3. The zero-order chi connectivity index (χ0) is 19.1. The molecule has 2 aromatic rings. The number of methoxy groups -OCH3 is 1. The second-order valence-corrected chi connectivity index (χ2v) is 5.59. The number of hydrogen-bond acceptors (Lipinski definition) is 6. The predicted molar refractivity (Wildman–Crippen MR) is 96.6 cm³/mol. The molecule has 7 heteroatoms. The second kappa shape index (κ2) is 8.68. The Morgan fingerprint density at radius 2 is 1.85 bits per heavy atom. The van der Waals surface area contributed by atoms with Crippen molar-refractivity contribution in [2.24, 2.45) is 5.73 Å². The predicted octanol–water partition coefficient (Wildman–Crippen LogP) is 1.33. The number of ether oxygens (including phenoxy) is 1. The topological polar surface area (TPSA) is 122 Å². The zero-order valence-electron chi connectivity index (χ0n) is 14.2. The third-order valence-electron chi connectivity index (χ3n) is 3.62. The number of aromatic hydroxyl groups is 2. The van der Waals surface area contributed by atoms with Gasteiger partial charge < -0.3 is 20.7 Å². The molecule has 0 aliphatic heterocycles. The summed E-state index contributed by atoms with van der Waals surface area (Å²) in [4.78, 5) is 23.8. The van der Waals surface area contributed by atoms with Crippen molar-refractivity contribution in [1.29, 1.82) is 0 Å². The van der Waals surface area contributed by atoms with Crippen molar-refractivity contribution in [3.63, 3.8) is 0 Å². The van der Waals surface area contributed by atoms with Gasteiger partial charge in [-0.15, -0.1) is 0 Å². The van der Waals surface area contributed by atoms with Gasteiger partial charge in [0.05, 0.1) is 13.2 Å². The van der Waals surface area contributed by atoms with Gasteiger partial charge in [0.1, 0.15) is 5.75 Å². The Morgan fingerprint density at radius 3 is 2.46 bits per heavy atom. The second-order valence-electron chi connectivity index (χ2n) is 5.59. The van der Waals surface area contributed by atoms with Crippen molar-refractivity contribution < 1.29 is 24.5 Å². The van der Waals surface area contributed by atoms with E-state index in [2.05, 4.69) is 5.32 Å². The van der Waals surface area contributed by atoms with E-state index in [0.717, 1.165) is 11.6 Å². The molecule has 0 saturated carbocycles. The van der Waals surface area contributed by atoms with Gasteiger partial charge in [0, 0.05) is 6.08 Å². The molecule has 0 fully saturated rings. The van der Waals surface area contributed by atoms with Crippen LogP contribution in [0.3, 0.4) is 0 Å². The fourth-order valence-corrected chi connectivity index (χ4v) is 2.18.